The van der Waals surface area contributed by atoms with Gasteiger partial charge in [-0.05, 0) is 46.6 Å². The number of rotatable bonds is 9. The molecule has 0 aliphatic heterocycles. The van der Waals surface area contributed by atoms with E-state index >= 15 is 0 Å². The Balaban J connectivity index is 2.95. The Morgan fingerprint density at radius 2 is 1.63 bits per heavy atom. The number of nitrogens with zero attached hydrogens (tertiary/aromatic N) is 1. The van der Waals surface area contributed by atoms with Gasteiger partial charge in [0.2, 0.25) is 11.8 Å². The maximum atomic E-state index is 13.0. The Morgan fingerprint density at radius 1 is 1.03 bits per heavy atom. The molecule has 1 atom stereocenters. The van der Waals surface area contributed by atoms with Gasteiger partial charge >= 0.3 is 6.09 Å². The summed E-state index contributed by atoms with van der Waals surface area (Å²) in [4.78, 5) is 39.0. The number of amides is 3. The number of benzene rings is 1. The van der Waals surface area contributed by atoms with Gasteiger partial charge < -0.3 is 20.3 Å². The van der Waals surface area contributed by atoms with Crippen molar-refractivity contribution in [3.05, 3.63) is 34.9 Å². The van der Waals surface area contributed by atoms with Gasteiger partial charge in [0.05, 0.1) is 0 Å². The number of aryl methyl sites for hydroxylation is 2. The van der Waals surface area contributed by atoms with Crippen LogP contribution in [0.3, 0.4) is 0 Å². The molecule has 2 N–H and O–H groups in total. The van der Waals surface area contributed by atoms with E-state index in [-0.39, 0.29) is 18.4 Å². The van der Waals surface area contributed by atoms with E-state index in [1.807, 2.05) is 32.0 Å². The lowest BCUT2D eigenvalue weighted by Gasteiger charge is -2.28. The molecular weight excluding hydrogens is 382 g/mol. The fraction of sp³-hybridized carbons (Fsp3) is 0.609. The van der Waals surface area contributed by atoms with Crippen molar-refractivity contribution < 1.29 is 19.1 Å². The van der Waals surface area contributed by atoms with Gasteiger partial charge in [-0.2, -0.15) is 0 Å². The monoisotopic (exact) mass is 419 g/mol. The van der Waals surface area contributed by atoms with E-state index in [1.165, 1.54) is 4.90 Å². The first kappa shape index (κ1) is 25.5. The first-order valence-corrected chi connectivity index (χ1v) is 10.5. The highest BCUT2D eigenvalue weighted by Crippen LogP contribution is 2.23. The predicted octanol–water partition coefficient (Wildman–Crippen LogP) is 3.63. The van der Waals surface area contributed by atoms with Gasteiger partial charge in [-0.15, -0.1) is 0 Å². The normalized spacial score (nSPS) is 12.1. The molecule has 1 aromatic carbocycles. The minimum atomic E-state index is -0.779. The van der Waals surface area contributed by atoms with E-state index in [9.17, 15) is 14.4 Å². The number of nitrogens with one attached hydrogen (secondary N) is 2. The van der Waals surface area contributed by atoms with Gasteiger partial charge in [-0.25, -0.2) is 4.79 Å². The third-order valence-corrected chi connectivity index (χ3v) is 4.45. The number of hydrogen-bond acceptors (Lipinski definition) is 4. The molecular formula is C23H37N3O4. The predicted molar refractivity (Wildman–Crippen MR) is 118 cm³/mol. The Hall–Kier alpha value is -2.57. The number of likely N-dealkylation sites (N-methyl/N-ethyl adjacent to an activating group) is 1. The van der Waals surface area contributed by atoms with Crippen molar-refractivity contribution in [1.29, 1.82) is 0 Å². The minimum absolute atomic E-state index is 0.232. The van der Waals surface area contributed by atoms with Gasteiger partial charge in [0, 0.05) is 13.6 Å². The molecule has 0 bridgehead atoms. The van der Waals surface area contributed by atoms with Crippen LogP contribution in [-0.2, 0) is 14.3 Å². The number of alkyl carbamates (subject to hydrolysis) is 1. The van der Waals surface area contributed by atoms with Gasteiger partial charge in [-0.1, -0.05) is 49.1 Å². The second-order valence-electron chi connectivity index (χ2n) is 8.68. The van der Waals surface area contributed by atoms with Gasteiger partial charge in [0.25, 0.3) is 0 Å². The lowest BCUT2D eigenvalue weighted by molar-refractivity contribution is -0.138. The number of carbonyl (C=O) groups is 3. The molecule has 7 heteroatoms. The average molecular weight is 420 g/mol. The molecule has 3 amide bonds. The van der Waals surface area contributed by atoms with Crippen molar-refractivity contribution in [2.45, 2.75) is 72.4 Å². The van der Waals surface area contributed by atoms with Gasteiger partial charge in [0.15, 0.2) is 0 Å². The standard InChI is InChI=1S/C23H37N3O4/c1-8-9-10-11-24-21(28)20(18-13-16(2)12-17(3)14-18)26(7)19(27)15-25-22(29)30-23(4,5)6/h12-14,20H,8-11,15H2,1-7H3,(H,24,28)(H,25,29). The third-order valence-electron chi connectivity index (χ3n) is 4.45. The smallest absolute Gasteiger partial charge is 0.408 e. The highest BCUT2D eigenvalue weighted by molar-refractivity contribution is 5.90. The van der Waals surface area contributed by atoms with Gasteiger partial charge in [0.1, 0.15) is 18.2 Å². The molecule has 168 valence electrons. The minimum Gasteiger partial charge on any atom is -0.444 e. The number of hydrogen-bond donors (Lipinski definition) is 2. The summed E-state index contributed by atoms with van der Waals surface area (Å²) in [5.41, 5.74) is 2.12. The lowest BCUT2D eigenvalue weighted by Crippen LogP contribution is -2.46. The van der Waals surface area contributed by atoms with Crippen LogP contribution in [0.2, 0.25) is 0 Å². The molecule has 0 saturated carbocycles. The zero-order chi connectivity index (χ0) is 22.9. The summed E-state index contributed by atoms with van der Waals surface area (Å²) in [6.07, 6.45) is 2.31. The summed E-state index contributed by atoms with van der Waals surface area (Å²) < 4.78 is 5.17. The SMILES string of the molecule is CCCCCNC(=O)C(c1cc(C)cc(C)c1)N(C)C(=O)CNC(=O)OC(C)(C)C. The molecule has 30 heavy (non-hydrogen) atoms. The van der Waals surface area contributed by atoms with Crippen LogP contribution in [0.4, 0.5) is 4.79 Å². The van der Waals surface area contributed by atoms with Gasteiger partial charge in [-0.3, -0.25) is 9.59 Å². The highest BCUT2D eigenvalue weighted by atomic mass is 16.6. The van der Waals surface area contributed by atoms with Crippen molar-refractivity contribution in [3.8, 4) is 0 Å². The van der Waals surface area contributed by atoms with Crippen LogP contribution in [0.25, 0.3) is 0 Å². The molecule has 0 fully saturated rings. The van der Waals surface area contributed by atoms with E-state index in [0.717, 1.165) is 36.0 Å². The topological polar surface area (TPSA) is 87.7 Å². The lowest BCUT2D eigenvalue weighted by atomic mass is 9.99. The molecule has 1 unspecified atom stereocenters. The maximum Gasteiger partial charge on any atom is 0.408 e. The van der Waals surface area contributed by atoms with Crippen LogP contribution in [0.5, 0.6) is 0 Å². The van der Waals surface area contributed by atoms with E-state index in [1.54, 1.807) is 27.8 Å². The molecule has 0 saturated heterocycles. The van der Waals surface area contributed by atoms with E-state index < -0.39 is 17.7 Å². The molecule has 1 aromatic rings. The average Bonchev–Trinajstić information content (AvgIpc) is 2.61. The third kappa shape index (κ3) is 8.84. The molecule has 7 nitrogen and oxygen atoms in total. The summed E-state index contributed by atoms with van der Waals surface area (Å²) in [5.74, 6) is -0.613. The summed E-state index contributed by atoms with van der Waals surface area (Å²) in [7, 11) is 1.58. The van der Waals surface area contributed by atoms with Crippen molar-refractivity contribution >= 4 is 17.9 Å². The van der Waals surface area contributed by atoms with Crippen molar-refractivity contribution in [2.24, 2.45) is 0 Å². The van der Waals surface area contributed by atoms with Crippen LogP contribution in [0, 0.1) is 13.8 Å². The van der Waals surface area contributed by atoms with E-state index in [4.69, 9.17) is 4.74 Å². The van der Waals surface area contributed by atoms with Crippen molar-refractivity contribution in [3.63, 3.8) is 0 Å². The Labute approximate surface area is 180 Å². The first-order valence-electron chi connectivity index (χ1n) is 10.5. The molecule has 0 aromatic heterocycles. The fourth-order valence-corrected chi connectivity index (χ4v) is 3.13. The molecule has 1 rings (SSSR count). The fourth-order valence-electron chi connectivity index (χ4n) is 3.13. The van der Waals surface area contributed by atoms with E-state index in [0.29, 0.717) is 6.54 Å². The summed E-state index contributed by atoms with van der Waals surface area (Å²) >= 11 is 0. The Kier molecular flexibility index (Phi) is 9.82. The first-order chi connectivity index (χ1) is 13.9. The molecule has 0 radical (unpaired) electrons. The van der Waals surface area contributed by atoms with Crippen molar-refractivity contribution in [1.82, 2.24) is 15.5 Å². The number of carbonyl (C=O) groups excluding carboxylic acids is 3. The summed E-state index contributed by atoms with van der Waals surface area (Å²) in [6.45, 7) is 11.6. The molecule has 0 aliphatic carbocycles. The highest BCUT2D eigenvalue weighted by Gasteiger charge is 2.29. The summed E-state index contributed by atoms with van der Waals surface area (Å²) in [5, 5.41) is 5.41. The second-order valence-corrected chi connectivity index (χ2v) is 8.68. The molecule has 0 aliphatic rings. The zero-order valence-corrected chi connectivity index (χ0v) is 19.4. The Bertz CT molecular complexity index is 720. The largest absolute Gasteiger partial charge is 0.444 e. The Morgan fingerprint density at radius 3 is 2.17 bits per heavy atom. The molecule has 0 spiro atoms. The van der Waals surface area contributed by atoms with Crippen LogP contribution >= 0.6 is 0 Å². The summed E-state index contributed by atoms with van der Waals surface area (Å²) in [6, 6.07) is 5.06. The quantitative estimate of drug-likeness (QED) is 0.598. The number of unbranched alkanes of at least 4 members (excludes halogenated alkanes) is 2. The number of ether oxygens (including phenoxy) is 1. The maximum absolute atomic E-state index is 13.0. The zero-order valence-electron chi connectivity index (χ0n) is 19.4. The van der Waals surface area contributed by atoms with Crippen LogP contribution in [0.1, 0.15) is 69.7 Å². The van der Waals surface area contributed by atoms with E-state index in [2.05, 4.69) is 17.6 Å². The molecule has 0 heterocycles. The van der Waals surface area contributed by atoms with Crippen LogP contribution < -0.4 is 10.6 Å². The van der Waals surface area contributed by atoms with Crippen LogP contribution in [0.15, 0.2) is 18.2 Å². The van der Waals surface area contributed by atoms with Crippen LogP contribution in [-0.4, -0.2) is 48.5 Å². The van der Waals surface area contributed by atoms with Crippen molar-refractivity contribution in [2.75, 3.05) is 20.1 Å². The second kappa shape index (κ2) is 11.6.